The van der Waals surface area contributed by atoms with E-state index in [9.17, 15) is 14.4 Å². The Hall–Kier alpha value is -4.19. The molecule has 0 aliphatic rings. The summed E-state index contributed by atoms with van der Waals surface area (Å²) in [7, 11) is 0. The first-order valence-corrected chi connectivity index (χ1v) is 27.6. The molecular formula is C62H100O6. The van der Waals surface area contributed by atoms with Gasteiger partial charge >= 0.3 is 17.9 Å². The summed E-state index contributed by atoms with van der Waals surface area (Å²) in [6.07, 6.45) is 76.1. The summed E-state index contributed by atoms with van der Waals surface area (Å²) in [6.45, 7) is 6.32. The topological polar surface area (TPSA) is 78.9 Å². The molecule has 0 aromatic rings. The molecule has 0 amide bonds. The molecule has 0 saturated carbocycles. The Kier molecular flexibility index (Phi) is 52.0. The van der Waals surface area contributed by atoms with Crippen LogP contribution < -0.4 is 0 Å². The van der Waals surface area contributed by atoms with Crippen LogP contribution in [0.2, 0.25) is 0 Å². The summed E-state index contributed by atoms with van der Waals surface area (Å²) in [5.74, 6) is -0.982. The summed E-state index contributed by atoms with van der Waals surface area (Å²) >= 11 is 0. The first-order valence-electron chi connectivity index (χ1n) is 27.6. The number of esters is 3. The molecule has 68 heavy (non-hydrogen) atoms. The van der Waals surface area contributed by atoms with E-state index in [1.54, 1.807) is 0 Å². The highest BCUT2D eigenvalue weighted by Gasteiger charge is 2.19. The predicted molar refractivity (Wildman–Crippen MR) is 293 cm³/mol. The van der Waals surface area contributed by atoms with Gasteiger partial charge < -0.3 is 14.2 Å². The lowest BCUT2D eigenvalue weighted by atomic mass is 10.0. The lowest BCUT2D eigenvalue weighted by Crippen LogP contribution is -2.30. The van der Waals surface area contributed by atoms with Gasteiger partial charge in [-0.3, -0.25) is 14.4 Å². The highest BCUT2D eigenvalue weighted by molar-refractivity contribution is 5.71. The van der Waals surface area contributed by atoms with Crippen LogP contribution in [0, 0.1) is 0 Å². The van der Waals surface area contributed by atoms with Crippen LogP contribution in [-0.2, 0) is 28.6 Å². The van der Waals surface area contributed by atoms with Crippen molar-refractivity contribution in [1.29, 1.82) is 0 Å². The summed E-state index contributed by atoms with van der Waals surface area (Å²) in [5.41, 5.74) is 0. The van der Waals surface area contributed by atoms with Gasteiger partial charge in [-0.05, 0) is 83.5 Å². The molecule has 0 radical (unpaired) electrons. The minimum Gasteiger partial charge on any atom is -0.462 e. The first kappa shape index (κ1) is 63.8. The van der Waals surface area contributed by atoms with Gasteiger partial charge in [0.1, 0.15) is 13.2 Å². The fourth-order valence-corrected chi connectivity index (χ4v) is 7.25. The molecule has 0 rings (SSSR count). The van der Waals surface area contributed by atoms with Crippen molar-refractivity contribution in [3.8, 4) is 0 Å². The van der Waals surface area contributed by atoms with Crippen molar-refractivity contribution in [2.75, 3.05) is 13.2 Å². The van der Waals surface area contributed by atoms with E-state index in [2.05, 4.69) is 93.7 Å². The van der Waals surface area contributed by atoms with Crippen LogP contribution in [0.1, 0.15) is 233 Å². The molecule has 1 atom stereocenters. The number of hydrogen-bond donors (Lipinski definition) is 0. The maximum absolute atomic E-state index is 12.8. The highest BCUT2D eigenvalue weighted by atomic mass is 16.6. The highest BCUT2D eigenvalue weighted by Crippen LogP contribution is 2.15. The van der Waals surface area contributed by atoms with Crippen molar-refractivity contribution < 1.29 is 28.6 Å². The lowest BCUT2D eigenvalue weighted by Gasteiger charge is -2.18. The zero-order valence-corrected chi connectivity index (χ0v) is 43.8. The number of rotatable bonds is 48. The fraction of sp³-hybridized carbons (Fsp3) is 0.629. The zero-order chi connectivity index (χ0) is 49.3. The second kappa shape index (κ2) is 55.4. The Balaban J connectivity index is 4.52. The number of allylic oxidation sites excluding steroid dienone is 20. The molecule has 0 heterocycles. The van der Waals surface area contributed by atoms with Gasteiger partial charge in [-0.2, -0.15) is 0 Å². The third-order valence-electron chi connectivity index (χ3n) is 11.3. The van der Waals surface area contributed by atoms with Crippen LogP contribution in [0.3, 0.4) is 0 Å². The molecular weight excluding hydrogens is 841 g/mol. The van der Waals surface area contributed by atoms with Gasteiger partial charge in [0, 0.05) is 19.3 Å². The summed E-state index contributed by atoms with van der Waals surface area (Å²) < 4.78 is 16.8. The Morgan fingerprint density at radius 2 is 0.647 bits per heavy atom. The molecule has 0 aliphatic carbocycles. The molecule has 0 aliphatic heterocycles. The maximum atomic E-state index is 12.8. The number of ether oxygens (including phenoxy) is 3. The van der Waals surface area contributed by atoms with E-state index in [4.69, 9.17) is 14.2 Å². The Labute approximate surface area is 418 Å². The zero-order valence-electron chi connectivity index (χ0n) is 43.8. The molecule has 384 valence electrons. The van der Waals surface area contributed by atoms with Gasteiger partial charge in [0.25, 0.3) is 0 Å². The van der Waals surface area contributed by atoms with Crippen LogP contribution in [0.5, 0.6) is 0 Å². The normalized spacial score (nSPS) is 13.0. The number of unbranched alkanes of at least 4 members (excludes halogenated alkanes) is 21. The molecule has 6 nitrogen and oxygen atoms in total. The third kappa shape index (κ3) is 52.8. The standard InChI is InChI=1S/C62H100O6/c1-4-7-10-13-16-19-22-25-28-30-31-32-35-37-40-43-46-49-52-55-61(64)67-58-59(57-66-60(63)54-51-48-45-42-39-36-33-27-24-21-18-15-12-9-6-3)68-62(65)56-53-50-47-44-41-38-34-29-26-23-20-17-14-11-8-5-2/h7,9-10,12,15-16,18-19,21,24-25,27-28,31-33,36-37,39-40,59H,4-6,8,11,13-14,17,20,22-23,26,29-30,34-35,38,41-58H2,1-3H3/b10-7-,12-9-,18-15-,19-16-,24-21-,28-25-,32-31-,33-27-,39-36-,40-37-. The minimum absolute atomic E-state index is 0.111. The van der Waals surface area contributed by atoms with Crippen molar-refractivity contribution in [1.82, 2.24) is 0 Å². The van der Waals surface area contributed by atoms with Crippen molar-refractivity contribution >= 4 is 17.9 Å². The lowest BCUT2D eigenvalue weighted by molar-refractivity contribution is -0.167. The molecule has 0 bridgehead atoms. The van der Waals surface area contributed by atoms with Crippen molar-refractivity contribution in [3.05, 3.63) is 122 Å². The number of carbonyl (C=O) groups is 3. The Morgan fingerprint density at radius 1 is 0.324 bits per heavy atom. The number of carbonyl (C=O) groups excluding carboxylic acids is 3. The molecule has 6 heteroatoms. The van der Waals surface area contributed by atoms with Gasteiger partial charge in [0.15, 0.2) is 6.10 Å². The van der Waals surface area contributed by atoms with Crippen LogP contribution in [0.4, 0.5) is 0 Å². The molecule has 0 aromatic carbocycles. The Morgan fingerprint density at radius 3 is 1.07 bits per heavy atom. The fourth-order valence-electron chi connectivity index (χ4n) is 7.25. The smallest absolute Gasteiger partial charge is 0.306 e. The first-order chi connectivity index (χ1) is 33.5. The third-order valence-corrected chi connectivity index (χ3v) is 11.3. The van der Waals surface area contributed by atoms with E-state index >= 15 is 0 Å². The molecule has 0 N–H and O–H groups in total. The summed E-state index contributed by atoms with van der Waals surface area (Å²) in [5, 5.41) is 0. The van der Waals surface area contributed by atoms with Crippen molar-refractivity contribution in [2.24, 2.45) is 0 Å². The SMILES string of the molecule is CC\C=C/C=C\C=C/C=C\C=C/CCCCCC(=O)OCC(COC(=O)CCCCC/C=C\C/C=C\C/C=C\C/C=C\C/C=C\CC)OC(=O)CCCCCCCCCCCCCCCCCC. The van der Waals surface area contributed by atoms with Gasteiger partial charge in [0.2, 0.25) is 0 Å². The number of hydrogen-bond acceptors (Lipinski definition) is 6. The van der Waals surface area contributed by atoms with E-state index in [0.29, 0.717) is 19.3 Å². The van der Waals surface area contributed by atoms with Crippen LogP contribution in [-0.4, -0.2) is 37.2 Å². The van der Waals surface area contributed by atoms with E-state index in [0.717, 1.165) is 109 Å². The summed E-state index contributed by atoms with van der Waals surface area (Å²) in [6, 6.07) is 0. The van der Waals surface area contributed by atoms with Gasteiger partial charge in [-0.25, -0.2) is 0 Å². The summed E-state index contributed by atoms with van der Waals surface area (Å²) in [4.78, 5) is 38.1. The van der Waals surface area contributed by atoms with Gasteiger partial charge in [0.05, 0.1) is 0 Å². The van der Waals surface area contributed by atoms with Crippen LogP contribution in [0.15, 0.2) is 122 Å². The minimum atomic E-state index is -0.811. The van der Waals surface area contributed by atoms with E-state index in [1.165, 1.54) is 83.5 Å². The average molecular weight is 941 g/mol. The van der Waals surface area contributed by atoms with Crippen molar-refractivity contribution in [3.63, 3.8) is 0 Å². The second-order valence-electron chi connectivity index (χ2n) is 17.9. The quantitative estimate of drug-likeness (QED) is 0.0199. The van der Waals surface area contributed by atoms with Crippen LogP contribution in [0.25, 0.3) is 0 Å². The van der Waals surface area contributed by atoms with E-state index in [-0.39, 0.29) is 31.1 Å². The van der Waals surface area contributed by atoms with Gasteiger partial charge in [-0.1, -0.05) is 251 Å². The van der Waals surface area contributed by atoms with Crippen molar-refractivity contribution in [2.45, 2.75) is 239 Å². The van der Waals surface area contributed by atoms with E-state index < -0.39 is 6.10 Å². The molecule has 0 spiro atoms. The molecule has 0 aromatic heterocycles. The average Bonchev–Trinajstić information content (AvgIpc) is 3.34. The predicted octanol–water partition coefficient (Wildman–Crippen LogP) is 18.5. The molecule has 0 saturated heterocycles. The van der Waals surface area contributed by atoms with E-state index in [1.807, 2.05) is 48.6 Å². The second-order valence-corrected chi connectivity index (χ2v) is 17.9. The maximum Gasteiger partial charge on any atom is 0.306 e. The van der Waals surface area contributed by atoms with Gasteiger partial charge in [-0.15, -0.1) is 0 Å². The largest absolute Gasteiger partial charge is 0.462 e. The Bertz CT molecular complexity index is 1450. The molecule has 0 fully saturated rings. The van der Waals surface area contributed by atoms with Crippen LogP contribution >= 0.6 is 0 Å². The molecule has 1 unspecified atom stereocenters. The monoisotopic (exact) mass is 941 g/mol.